The Labute approximate surface area is 193 Å². The van der Waals surface area contributed by atoms with Gasteiger partial charge in [0.2, 0.25) is 0 Å². The highest BCUT2D eigenvalue weighted by atomic mass is 16.3. The molecule has 0 aliphatic carbocycles. The van der Waals surface area contributed by atoms with E-state index in [1.54, 1.807) is 36.9 Å². The number of benzene rings is 1. The van der Waals surface area contributed by atoms with Crippen molar-refractivity contribution in [2.45, 2.75) is 57.7 Å². The fourth-order valence-corrected chi connectivity index (χ4v) is 4.51. The molecule has 0 unspecified atom stereocenters. The zero-order valence-corrected chi connectivity index (χ0v) is 19.3. The molecular weight excluding hydrogens is 420 g/mol. The molecule has 2 aromatic heterocycles. The number of carboxylic acid groups (broad SMARTS) is 1. The van der Waals surface area contributed by atoms with Crippen molar-refractivity contribution in [1.29, 1.82) is 0 Å². The van der Waals surface area contributed by atoms with Gasteiger partial charge in [-0.3, -0.25) is 9.78 Å². The molecule has 4 N–H and O–H groups in total. The van der Waals surface area contributed by atoms with Crippen LogP contribution < -0.4 is 10.6 Å². The molecule has 1 aliphatic heterocycles. The molecule has 0 spiro atoms. The van der Waals surface area contributed by atoms with Crippen molar-refractivity contribution < 1.29 is 15.0 Å². The minimum atomic E-state index is -0.250. The lowest BCUT2D eigenvalue weighted by molar-refractivity contribution is -0.122. The molecule has 0 saturated carbocycles. The molecule has 33 heavy (non-hydrogen) atoms. The van der Waals surface area contributed by atoms with E-state index in [-0.39, 0.29) is 23.3 Å². The van der Waals surface area contributed by atoms with E-state index in [2.05, 4.69) is 58.3 Å². The Morgan fingerprint density at radius 1 is 1.03 bits per heavy atom. The monoisotopic (exact) mass is 450 g/mol. The Kier molecular flexibility index (Phi) is 7.23. The molecule has 0 radical (unpaired) electrons. The zero-order chi connectivity index (χ0) is 24.1. The van der Waals surface area contributed by atoms with Crippen LogP contribution in [0, 0.1) is 0 Å². The summed E-state index contributed by atoms with van der Waals surface area (Å²) in [6.07, 6.45) is 8.77. The lowest BCUT2D eigenvalue weighted by atomic mass is 9.79. The molecular formula is C24H30N6O3. The molecule has 3 aromatic rings. The SMILES string of the molecule is CC1(C)CC(Nc2cnc(-c3ccc(-c4ncccn4)cc3O)cn2)CC(C)(C)N1.O=CO. The molecule has 1 fully saturated rings. The highest BCUT2D eigenvalue weighted by molar-refractivity contribution is 5.71. The summed E-state index contributed by atoms with van der Waals surface area (Å²) in [5, 5.41) is 24.6. The number of aromatic nitrogens is 4. The van der Waals surface area contributed by atoms with E-state index in [1.807, 2.05) is 12.1 Å². The number of nitrogens with zero attached hydrogens (tertiary/aromatic N) is 4. The second kappa shape index (κ2) is 9.91. The van der Waals surface area contributed by atoms with Gasteiger partial charge in [-0.25, -0.2) is 15.0 Å². The first-order chi connectivity index (χ1) is 15.6. The number of hydrogen-bond donors (Lipinski definition) is 4. The number of piperidine rings is 1. The van der Waals surface area contributed by atoms with E-state index in [9.17, 15) is 5.11 Å². The first-order valence-electron chi connectivity index (χ1n) is 10.7. The molecule has 0 amide bonds. The van der Waals surface area contributed by atoms with E-state index in [0.29, 0.717) is 23.1 Å². The average Bonchev–Trinajstić information content (AvgIpc) is 2.73. The van der Waals surface area contributed by atoms with Gasteiger partial charge >= 0.3 is 0 Å². The number of anilines is 1. The maximum atomic E-state index is 10.5. The van der Waals surface area contributed by atoms with Crippen LogP contribution in [0.5, 0.6) is 5.75 Å². The Morgan fingerprint density at radius 3 is 2.21 bits per heavy atom. The molecule has 3 heterocycles. The van der Waals surface area contributed by atoms with E-state index >= 15 is 0 Å². The van der Waals surface area contributed by atoms with Crippen LogP contribution in [0.15, 0.2) is 49.1 Å². The van der Waals surface area contributed by atoms with Gasteiger partial charge in [0, 0.05) is 40.6 Å². The van der Waals surface area contributed by atoms with Crippen molar-refractivity contribution in [3.63, 3.8) is 0 Å². The summed E-state index contributed by atoms with van der Waals surface area (Å²) >= 11 is 0. The van der Waals surface area contributed by atoms with Crippen LogP contribution in [0.25, 0.3) is 22.6 Å². The first kappa shape index (κ1) is 24.1. The predicted octanol–water partition coefficient (Wildman–Crippen LogP) is 3.73. The standard InChI is InChI=1S/C23H28N6O.CH2O2/c1-22(2)11-16(12-23(3,4)29-22)28-20-14-26-18(13-27-20)17-7-6-15(10-19(17)30)21-24-8-5-9-25-21;2-1-3/h5-10,13-14,16,29-30H,11-12H2,1-4H3,(H,27,28);1H,(H,2,3). The van der Waals surface area contributed by atoms with Crippen LogP contribution in [0.4, 0.5) is 5.82 Å². The van der Waals surface area contributed by atoms with Crippen molar-refractivity contribution in [3.8, 4) is 28.4 Å². The molecule has 9 nitrogen and oxygen atoms in total. The highest BCUT2D eigenvalue weighted by Gasteiger charge is 2.37. The van der Waals surface area contributed by atoms with Gasteiger partial charge in [0.25, 0.3) is 6.47 Å². The minimum absolute atomic E-state index is 0.0583. The predicted molar refractivity (Wildman–Crippen MR) is 127 cm³/mol. The van der Waals surface area contributed by atoms with Crippen molar-refractivity contribution in [2.24, 2.45) is 0 Å². The fraction of sp³-hybridized carbons (Fsp3) is 0.375. The summed E-state index contributed by atoms with van der Waals surface area (Å²) in [5.74, 6) is 1.43. The van der Waals surface area contributed by atoms with Gasteiger partial charge in [-0.2, -0.15) is 0 Å². The number of hydrogen-bond acceptors (Lipinski definition) is 8. The third-order valence-electron chi connectivity index (χ3n) is 5.29. The summed E-state index contributed by atoms with van der Waals surface area (Å²) in [6, 6.07) is 7.41. The van der Waals surface area contributed by atoms with Gasteiger partial charge in [0.1, 0.15) is 11.6 Å². The Bertz CT molecular complexity index is 1060. The summed E-state index contributed by atoms with van der Waals surface area (Å²) < 4.78 is 0. The smallest absolute Gasteiger partial charge is 0.290 e. The van der Waals surface area contributed by atoms with Crippen LogP contribution in [0.3, 0.4) is 0 Å². The molecule has 4 rings (SSSR count). The largest absolute Gasteiger partial charge is 0.507 e. The molecule has 1 aliphatic rings. The number of aromatic hydroxyl groups is 1. The molecule has 0 bridgehead atoms. The quantitative estimate of drug-likeness (QED) is 0.439. The maximum absolute atomic E-state index is 10.5. The van der Waals surface area contributed by atoms with Gasteiger partial charge in [0.15, 0.2) is 5.82 Å². The number of phenols is 1. The van der Waals surface area contributed by atoms with Gasteiger partial charge in [-0.05, 0) is 58.7 Å². The van der Waals surface area contributed by atoms with Crippen LogP contribution in [0.1, 0.15) is 40.5 Å². The van der Waals surface area contributed by atoms with E-state index in [1.165, 1.54) is 0 Å². The minimum Gasteiger partial charge on any atom is -0.507 e. The topological polar surface area (TPSA) is 133 Å². The van der Waals surface area contributed by atoms with Crippen LogP contribution >= 0.6 is 0 Å². The van der Waals surface area contributed by atoms with Gasteiger partial charge in [0.05, 0.1) is 18.1 Å². The molecule has 9 heteroatoms. The Morgan fingerprint density at radius 2 is 1.67 bits per heavy atom. The molecule has 1 aromatic carbocycles. The van der Waals surface area contributed by atoms with Crippen molar-refractivity contribution >= 4 is 12.3 Å². The maximum Gasteiger partial charge on any atom is 0.290 e. The van der Waals surface area contributed by atoms with Gasteiger partial charge in [-0.15, -0.1) is 0 Å². The van der Waals surface area contributed by atoms with E-state index in [0.717, 1.165) is 24.2 Å². The summed E-state index contributed by atoms with van der Waals surface area (Å²) in [7, 11) is 0. The first-order valence-corrected chi connectivity index (χ1v) is 10.7. The number of carbonyl (C=O) groups is 1. The van der Waals surface area contributed by atoms with Crippen LogP contribution in [-0.2, 0) is 4.79 Å². The van der Waals surface area contributed by atoms with Crippen molar-refractivity contribution in [1.82, 2.24) is 25.3 Å². The highest BCUT2D eigenvalue weighted by Crippen LogP contribution is 2.32. The van der Waals surface area contributed by atoms with E-state index < -0.39 is 0 Å². The second-order valence-electron chi connectivity index (χ2n) is 9.34. The summed E-state index contributed by atoms with van der Waals surface area (Å²) in [4.78, 5) is 25.9. The van der Waals surface area contributed by atoms with Crippen molar-refractivity contribution in [2.75, 3.05) is 5.32 Å². The number of nitrogens with one attached hydrogen (secondary N) is 2. The molecule has 1 saturated heterocycles. The van der Waals surface area contributed by atoms with Crippen LogP contribution in [0.2, 0.25) is 0 Å². The molecule has 174 valence electrons. The lowest BCUT2D eigenvalue weighted by Gasteiger charge is -2.46. The number of phenolic OH excluding ortho intramolecular Hbond substituents is 1. The lowest BCUT2D eigenvalue weighted by Crippen LogP contribution is -2.60. The Hall–Kier alpha value is -3.59. The van der Waals surface area contributed by atoms with Crippen LogP contribution in [-0.4, -0.2) is 53.7 Å². The summed E-state index contributed by atoms with van der Waals surface area (Å²) in [5.41, 5.74) is 2.10. The fourth-order valence-electron chi connectivity index (χ4n) is 4.51. The third kappa shape index (κ3) is 6.45. The second-order valence-corrected chi connectivity index (χ2v) is 9.34. The third-order valence-corrected chi connectivity index (χ3v) is 5.29. The molecule has 0 atom stereocenters. The summed E-state index contributed by atoms with van der Waals surface area (Å²) in [6.45, 7) is 8.66. The Balaban J connectivity index is 0.000000968. The van der Waals surface area contributed by atoms with Gasteiger partial charge in [-0.1, -0.05) is 6.07 Å². The zero-order valence-electron chi connectivity index (χ0n) is 19.3. The average molecular weight is 451 g/mol. The normalized spacial score (nSPS) is 16.8. The van der Waals surface area contributed by atoms with E-state index in [4.69, 9.17) is 9.90 Å². The number of rotatable bonds is 4. The van der Waals surface area contributed by atoms with Crippen molar-refractivity contribution in [3.05, 3.63) is 49.1 Å². The van der Waals surface area contributed by atoms with Gasteiger partial charge < -0.3 is 20.8 Å².